The summed E-state index contributed by atoms with van der Waals surface area (Å²) in [5, 5.41) is 12.5. The Morgan fingerprint density at radius 2 is 1.71 bits per heavy atom. The Morgan fingerprint density at radius 3 is 2.40 bits per heavy atom. The Bertz CT molecular complexity index is 1700. The largest absolute Gasteiger partial charge is 0.481 e. The minimum Gasteiger partial charge on any atom is -0.481 e. The van der Waals surface area contributed by atoms with E-state index >= 15 is 0 Å². The van der Waals surface area contributed by atoms with Gasteiger partial charge in [-0.2, -0.15) is 0 Å². The van der Waals surface area contributed by atoms with Crippen molar-refractivity contribution in [2.75, 3.05) is 13.6 Å². The van der Waals surface area contributed by atoms with Crippen LogP contribution in [0.4, 0.5) is 0 Å². The lowest BCUT2D eigenvalue weighted by Gasteiger charge is -2.61. The number of aliphatic hydroxyl groups is 1. The van der Waals surface area contributed by atoms with E-state index in [2.05, 4.69) is 11.0 Å². The highest BCUT2D eigenvalue weighted by Gasteiger charge is 2.72. The molecule has 0 aromatic heterocycles. The third kappa shape index (κ3) is 5.05. The van der Waals surface area contributed by atoms with Gasteiger partial charge in [0.25, 0.3) is 0 Å². The van der Waals surface area contributed by atoms with E-state index in [4.69, 9.17) is 28.4 Å². The van der Waals surface area contributed by atoms with Gasteiger partial charge in [0.15, 0.2) is 24.1 Å². The lowest BCUT2D eigenvalue weighted by molar-refractivity contribution is -0.184. The number of rotatable bonds is 6. The molecular weight excluding hydrogens is 618 g/mol. The minimum atomic E-state index is -1.51. The van der Waals surface area contributed by atoms with Gasteiger partial charge in [0.05, 0.1) is 11.0 Å². The fourth-order valence-corrected chi connectivity index (χ4v) is 8.28. The fourth-order valence-electron chi connectivity index (χ4n) is 8.28. The number of hydrogen-bond donors (Lipinski definition) is 1. The summed E-state index contributed by atoms with van der Waals surface area (Å²) in [6.07, 6.45) is -1.89. The van der Waals surface area contributed by atoms with Crippen molar-refractivity contribution in [2.45, 2.75) is 114 Å². The van der Waals surface area contributed by atoms with Crippen molar-refractivity contribution in [1.29, 1.82) is 0 Å². The highest BCUT2D eigenvalue weighted by molar-refractivity contribution is 5.88. The molecule has 0 unspecified atom stereocenters. The van der Waals surface area contributed by atoms with Crippen LogP contribution in [-0.2, 0) is 49.9 Å². The van der Waals surface area contributed by atoms with Crippen LogP contribution >= 0.6 is 0 Å². The minimum absolute atomic E-state index is 0.138. The fraction of sp³-hybridized carbons (Fsp3) is 0.541. The first-order valence-corrected chi connectivity index (χ1v) is 16.5. The second-order valence-corrected chi connectivity index (χ2v) is 15.1. The second kappa shape index (κ2) is 11.1. The van der Waals surface area contributed by atoms with Crippen LogP contribution in [0.2, 0.25) is 0 Å². The Morgan fingerprint density at radius 1 is 1.02 bits per heavy atom. The number of carbonyl (C=O) groups excluding carboxylic acids is 3. The summed E-state index contributed by atoms with van der Waals surface area (Å²) < 4.78 is 35.7. The summed E-state index contributed by atoms with van der Waals surface area (Å²) in [4.78, 5) is 43.2. The summed E-state index contributed by atoms with van der Waals surface area (Å²) in [6, 6.07) is 12.5. The first-order valence-electron chi connectivity index (χ1n) is 16.5. The van der Waals surface area contributed by atoms with Crippen LogP contribution in [0.1, 0.15) is 75.8 Å². The summed E-state index contributed by atoms with van der Waals surface area (Å²) in [5.41, 5.74) is 0.640. The van der Waals surface area contributed by atoms with E-state index < -0.39 is 64.7 Å². The molecule has 0 saturated carbocycles. The molecule has 7 rings (SSSR count). The standard InChI is InChI=1S/C37H43NO10/c1-20-13-14-22-19-24-37(42)16-15-23(30-36(37,17-18-38(24)7)25(22)26(20)44-30)43-31(39)27(21-11-9-8-10-12-21)45-32(40)28-29(47-35(5,6)46-28)33(41)48-34(2,3)4/h8-15,24,27-30,42H,16-19H2,1-7H3/t24-,27+,28-,29-,30+,36+,37-/m1/s1. The monoisotopic (exact) mass is 661 g/mol. The maximum Gasteiger partial charge on any atom is 0.357 e. The molecule has 0 amide bonds. The molecule has 256 valence electrons. The van der Waals surface area contributed by atoms with E-state index in [-0.39, 0.29) is 18.2 Å². The maximum absolute atomic E-state index is 14.2. The maximum atomic E-state index is 14.2. The van der Waals surface area contributed by atoms with Crippen LogP contribution < -0.4 is 4.74 Å². The SMILES string of the molecule is Cc1ccc2c3c1O[C@H]1C(OC(=O)[C@@H](OC(=O)[C@@H]4OC(C)(C)O[C@H]4C(=O)OC(C)(C)C)c4ccccc4)=CC[C@@]4(O)[C@@H](C2)N(C)CC[C@]314. The van der Waals surface area contributed by atoms with Crippen molar-refractivity contribution in [3.8, 4) is 5.75 Å². The molecular formula is C37H43NO10. The van der Waals surface area contributed by atoms with E-state index in [1.165, 1.54) is 0 Å². The predicted octanol–water partition coefficient (Wildman–Crippen LogP) is 3.96. The molecule has 2 bridgehead atoms. The predicted molar refractivity (Wildman–Crippen MR) is 171 cm³/mol. The average Bonchev–Trinajstić information content (AvgIpc) is 3.55. The van der Waals surface area contributed by atoms with Crippen LogP contribution in [-0.4, -0.2) is 82.8 Å². The number of nitrogens with zero attached hydrogens (tertiary/aromatic N) is 1. The smallest absolute Gasteiger partial charge is 0.357 e. The number of aryl methyl sites for hydroxylation is 1. The van der Waals surface area contributed by atoms with Crippen molar-refractivity contribution in [2.24, 2.45) is 0 Å². The van der Waals surface area contributed by atoms with Gasteiger partial charge in [-0.1, -0.05) is 42.5 Å². The zero-order chi connectivity index (χ0) is 34.4. The first kappa shape index (κ1) is 32.8. The number of benzene rings is 2. The summed E-state index contributed by atoms with van der Waals surface area (Å²) in [6.45, 7) is 11.0. The molecule has 2 aromatic carbocycles. The summed E-state index contributed by atoms with van der Waals surface area (Å²) in [7, 11) is 2.03. The average molecular weight is 662 g/mol. The number of esters is 3. The number of hydrogen-bond acceptors (Lipinski definition) is 11. The van der Waals surface area contributed by atoms with E-state index in [0.717, 1.165) is 29.0 Å². The Balaban J connectivity index is 1.19. The van der Waals surface area contributed by atoms with Crippen molar-refractivity contribution in [3.63, 3.8) is 0 Å². The zero-order valence-electron chi connectivity index (χ0n) is 28.4. The molecule has 2 saturated heterocycles. The van der Waals surface area contributed by atoms with Crippen LogP contribution in [0.3, 0.4) is 0 Å². The molecule has 7 atom stereocenters. The van der Waals surface area contributed by atoms with Gasteiger partial charge in [-0.05, 0) is 85.2 Å². The van der Waals surface area contributed by atoms with Crippen LogP contribution in [0.5, 0.6) is 5.75 Å². The normalized spacial score (nSPS) is 32.0. The molecule has 0 radical (unpaired) electrons. The van der Waals surface area contributed by atoms with Crippen molar-refractivity contribution >= 4 is 17.9 Å². The Hall–Kier alpha value is -3.77. The van der Waals surface area contributed by atoms with Gasteiger partial charge in [-0.3, -0.25) is 0 Å². The number of likely N-dealkylation sites (N-methyl/N-ethyl adjacent to an activating group) is 1. The third-order valence-electron chi connectivity index (χ3n) is 10.3. The van der Waals surface area contributed by atoms with Gasteiger partial charge in [0.1, 0.15) is 17.1 Å². The summed E-state index contributed by atoms with van der Waals surface area (Å²) >= 11 is 0. The number of piperidine rings is 1. The van der Waals surface area contributed by atoms with E-state index in [9.17, 15) is 19.5 Å². The molecule has 3 aliphatic heterocycles. The molecule has 11 heteroatoms. The molecule has 1 spiro atoms. The van der Waals surface area contributed by atoms with Gasteiger partial charge in [0, 0.05) is 23.6 Å². The van der Waals surface area contributed by atoms with Gasteiger partial charge in [-0.15, -0.1) is 0 Å². The van der Waals surface area contributed by atoms with Crippen LogP contribution in [0, 0.1) is 6.92 Å². The second-order valence-electron chi connectivity index (χ2n) is 15.1. The lowest BCUT2D eigenvalue weighted by Crippen LogP contribution is -2.74. The molecule has 48 heavy (non-hydrogen) atoms. The third-order valence-corrected chi connectivity index (χ3v) is 10.3. The topological polar surface area (TPSA) is 130 Å². The van der Waals surface area contributed by atoms with Crippen LogP contribution in [0.25, 0.3) is 0 Å². The van der Waals surface area contributed by atoms with E-state index in [0.29, 0.717) is 18.4 Å². The van der Waals surface area contributed by atoms with E-state index in [1.807, 2.05) is 20.0 Å². The molecule has 5 aliphatic rings. The Labute approximate surface area is 280 Å². The van der Waals surface area contributed by atoms with Gasteiger partial charge in [0.2, 0.25) is 6.10 Å². The molecule has 1 N–H and O–H groups in total. The number of carbonyl (C=O) groups is 3. The molecule has 2 fully saturated rings. The Kier molecular flexibility index (Phi) is 7.60. The molecule has 11 nitrogen and oxygen atoms in total. The quantitative estimate of drug-likeness (QED) is 0.357. The van der Waals surface area contributed by atoms with Gasteiger partial charge in [-0.25, -0.2) is 14.4 Å². The molecule has 2 aromatic rings. The van der Waals surface area contributed by atoms with Crippen molar-refractivity contribution in [3.05, 3.63) is 76.6 Å². The summed E-state index contributed by atoms with van der Waals surface area (Å²) in [5.74, 6) is -2.93. The highest BCUT2D eigenvalue weighted by atomic mass is 16.8. The van der Waals surface area contributed by atoms with E-state index in [1.54, 1.807) is 71.0 Å². The van der Waals surface area contributed by atoms with Gasteiger partial charge >= 0.3 is 17.9 Å². The zero-order valence-corrected chi connectivity index (χ0v) is 28.4. The molecule has 2 aliphatic carbocycles. The van der Waals surface area contributed by atoms with Gasteiger partial charge < -0.3 is 38.4 Å². The van der Waals surface area contributed by atoms with Crippen molar-refractivity contribution < 1.29 is 47.9 Å². The molecule has 3 heterocycles. The highest BCUT2D eigenvalue weighted by Crippen LogP contribution is 2.64. The first-order chi connectivity index (χ1) is 22.5. The lowest BCUT2D eigenvalue weighted by atomic mass is 9.50. The number of ether oxygens (including phenoxy) is 6. The van der Waals surface area contributed by atoms with Crippen molar-refractivity contribution in [1.82, 2.24) is 4.90 Å². The van der Waals surface area contributed by atoms with Crippen LogP contribution in [0.15, 0.2) is 54.3 Å². The number of likely N-dealkylation sites (tertiary alicyclic amines) is 1.